The molecule has 0 saturated carbocycles. The molecule has 1 unspecified atom stereocenters. The molecule has 0 fully saturated rings. The van der Waals surface area contributed by atoms with E-state index in [0.29, 0.717) is 15.6 Å². The molecule has 2 rings (SSSR count). The monoisotopic (exact) mass is 308 g/mol. The van der Waals surface area contributed by atoms with Gasteiger partial charge in [0.05, 0.1) is 0 Å². The summed E-state index contributed by atoms with van der Waals surface area (Å²) >= 11 is 0. The number of benzene rings is 1. The zero-order valence-corrected chi connectivity index (χ0v) is 11.8. The first-order valence-electron chi connectivity index (χ1n) is 6.04. The topological polar surface area (TPSA) is 49.4 Å². The Balaban J connectivity index is 2.47. The molecule has 0 radical (unpaired) electrons. The largest absolute Gasteiger partial charge is 0.511 e. The van der Waals surface area contributed by atoms with Crippen LogP contribution in [0.3, 0.4) is 0 Å². The molecule has 0 saturated heterocycles. The van der Waals surface area contributed by atoms with E-state index in [9.17, 15) is 21.6 Å². The molecule has 0 amide bonds. The second kappa shape index (κ2) is 4.92. The Morgan fingerprint density at radius 1 is 1.35 bits per heavy atom. The van der Waals surface area contributed by atoms with Gasteiger partial charge in [0.25, 0.3) is 0 Å². The lowest BCUT2D eigenvalue weighted by Gasteiger charge is -2.23. The molecular formula is C12H15F3N2O2S. The maximum absolute atomic E-state index is 12.7. The lowest BCUT2D eigenvalue weighted by atomic mass is 10.1. The zero-order chi connectivity index (χ0) is 15.1. The standard InChI is InChI=1S/C12H15F3N2O2S/c1-8-4-3-5-11-10(8)7-17(6-9(2)16-11)20(18,19)12(13,14)15/h3-5,9,16H,6-7H2,1-2H3. The summed E-state index contributed by atoms with van der Waals surface area (Å²) in [5, 5.41) is 3.04. The van der Waals surface area contributed by atoms with Crippen molar-refractivity contribution in [2.75, 3.05) is 11.9 Å². The predicted molar refractivity (Wildman–Crippen MR) is 69.6 cm³/mol. The van der Waals surface area contributed by atoms with Gasteiger partial charge in [-0.3, -0.25) is 0 Å². The summed E-state index contributed by atoms with van der Waals surface area (Å²) in [6, 6.07) is 4.86. The van der Waals surface area contributed by atoms with Gasteiger partial charge in [-0.25, -0.2) is 8.42 Å². The number of hydrogen-bond donors (Lipinski definition) is 1. The number of hydrogen-bond acceptors (Lipinski definition) is 3. The van der Waals surface area contributed by atoms with E-state index in [2.05, 4.69) is 5.32 Å². The van der Waals surface area contributed by atoms with Crippen molar-refractivity contribution in [3.05, 3.63) is 29.3 Å². The molecule has 1 aromatic carbocycles. The van der Waals surface area contributed by atoms with Gasteiger partial charge in [-0.05, 0) is 31.0 Å². The average molecular weight is 308 g/mol. The highest BCUT2D eigenvalue weighted by Gasteiger charge is 2.50. The van der Waals surface area contributed by atoms with Crippen LogP contribution in [0.15, 0.2) is 18.2 Å². The molecule has 1 aliphatic heterocycles. The number of rotatable bonds is 1. The van der Waals surface area contributed by atoms with Crippen LogP contribution in [0.4, 0.5) is 18.9 Å². The lowest BCUT2D eigenvalue weighted by Crippen LogP contribution is -2.43. The van der Waals surface area contributed by atoms with E-state index in [-0.39, 0.29) is 13.1 Å². The molecule has 0 aliphatic carbocycles. The third-order valence-electron chi connectivity index (χ3n) is 3.26. The highest BCUT2D eigenvalue weighted by Crippen LogP contribution is 2.32. The summed E-state index contributed by atoms with van der Waals surface area (Å²) in [5.41, 5.74) is -3.27. The van der Waals surface area contributed by atoms with Crippen LogP contribution in [0.1, 0.15) is 18.1 Å². The van der Waals surface area contributed by atoms with E-state index in [1.807, 2.05) is 0 Å². The maximum atomic E-state index is 12.7. The van der Waals surface area contributed by atoms with Gasteiger partial charge in [0.15, 0.2) is 0 Å². The Kier molecular flexibility index (Phi) is 3.72. The molecule has 0 bridgehead atoms. The minimum atomic E-state index is -5.32. The zero-order valence-electron chi connectivity index (χ0n) is 11.0. The van der Waals surface area contributed by atoms with Crippen molar-refractivity contribution < 1.29 is 21.6 Å². The van der Waals surface area contributed by atoms with E-state index in [1.165, 1.54) is 0 Å². The number of anilines is 1. The molecule has 1 atom stereocenters. The molecule has 1 N–H and O–H groups in total. The molecule has 0 aromatic heterocycles. The van der Waals surface area contributed by atoms with Crippen molar-refractivity contribution in [2.45, 2.75) is 31.9 Å². The van der Waals surface area contributed by atoms with Crippen molar-refractivity contribution in [3.63, 3.8) is 0 Å². The first kappa shape index (κ1) is 15.1. The van der Waals surface area contributed by atoms with Crippen LogP contribution in [-0.2, 0) is 16.6 Å². The smallest absolute Gasteiger partial charge is 0.381 e. The van der Waals surface area contributed by atoms with E-state index in [1.54, 1.807) is 32.0 Å². The number of halogens is 3. The SMILES string of the molecule is Cc1cccc2c1CN(S(=O)(=O)C(F)(F)F)CC(C)N2. The van der Waals surface area contributed by atoms with E-state index in [4.69, 9.17) is 0 Å². The normalized spacial score (nSPS) is 20.9. The van der Waals surface area contributed by atoms with Gasteiger partial charge < -0.3 is 5.32 Å². The summed E-state index contributed by atoms with van der Waals surface area (Å²) in [6.07, 6.45) is 0. The van der Waals surface area contributed by atoms with Crippen molar-refractivity contribution in [2.24, 2.45) is 0 Å². The summed E-state index contributed by atoms with van der Waals surface area (Å²) < 4.78 is 61.8. The third-order valence-corrected chi connectivity index (χ3v) is 4.80. The Hall–Kier alpha value is -1.28. The molecule has 8 heteroatoms. The fraction of sp³-hybridized carbons (Fsp3) is 0.500. The Bertz CT molecular complexity index is 614. The molecule has 20 heavy (non-hydrogen) atoms. The van der Waals surface area contributed by atoms with Gasteiger partial charge in [-0.15, -0.1) is 0 Å². The third kappa shape index (κ3) is 2.62. The van der Waals surface area contributed by atoms with Gasteiger partial charge in [0.2, 0.25) is 0 Å². The molecular weight excluding hydrogens is 293 g/mol. The number of fused-ring (bicyclic) bond motifs is 1. The molecule has 1 aliphatic rings. The first-order chi connectivity index (χ1) is 9.13. The van der Waals surface area contributed by atoms with Crippen molar-refractivity contribution in [3.8, 4) is 0 Å². The minimum Gasteiger partial charge on any atom is -0.381 e. The van der Waals surface area contributed by atoms with Crippen LogP contribution in [0.25, 0.3) is 0 Å². The van der Waals surface area contributed by atoms with Crippen LogP contribution in [0.2, 0.25) is 0 Å². The van der Waals surface area contributed by atoms with Gasteiger partial charge in [0, 0.05) is 24.8 Å². The number of nitrogens with zero attached hydrogens (tertiary/aromatic N) is 1. The van der Waals surface area contributed by atoms with Crippen LogP contribution in [-0.4, -0.2) is 30.8 Å². The summed E-state index contributed by atoms with van der Waals surface area (Å²) in [7, 11) is -5.32. The Morgan fingerprint density at radius 2 is 2.00 bits per heavy atom. The summed E-state index contributed by atoms with van der Waals surface area (Å²) in [5.74, 6) is 0. The molecule has 1 aromatic rings. The average Bonchev–Trinajstić information content (AvgIpc) is 2.47. The lowest BCUT2D eigenvalue weighted by molar-refractivity contribution is -0.0491. The van der Waals surface area contributed by atoms with Crippen molar-refractivity contribution in [1.82, 2.24) is 4.31 Å². The second-order valence-corrected chi connectivity index (χ2v) is 6.82. The van der Waals surface area contributed by atoms with Crippen molar-refractivity contribution >= 4 is 15.7 Å². The number of alkyl halides is 3. The molecule has 1 heterocycles. The Morgan fingerprint density at radius 3 is 2.60 bits per heavy atom. The fourth-order valence-electron chi connectivity index (χ4n) is 2.23. The van der Waals surface area contributed by atoms with Gasteiger partial charge in [-0.1, -0.05) is 12.1 Å². The number of nitrogens with one attached hydrogen (secondary N) is 1. The Labute approximate surface area is 115 Å². The maximum Gasteiger partial charge on any atom is 0.511 e. The number of sulfonamides is 1. The van der Waals surface area contributed by atoms with Crippen LogP contribution in [0.5, 0.6) is 0 Å². The van der Waals surface area contributed by atoms with Gasteiger partial charge in [-0.2, -0.15) is 17.5 Å². The van der Waals surface area contributed by atoms with Crippen molar-refractivity contribution in [1.29, 1.82) is 0 Å². The van der Waals surface area contributed by atoms with Gasteiger partial charge in [0.1, 0.15) is 0 Å². The highest BCUT2D eigenvalue weighted by molar-refractivity contribution is 7.89. The molecule has 4 nitrogen and oxygen atoms in total. The molecule has 0 spiro atoms. The summed E-state index contributed by atoms with van der Waals surface area (Å²) in [6.45, 7) is 2.89. The van der Waals surface area contributed by atoms with Gasteiger partial charge >= 0.3 is 15.5 Å². The van der Waals surface area contributed by atoms with E-state index < -0.39 is 21.6 Å². The van der Waals surface area contributed by atoms with Crippen LogP contribution in [0, 0.1) is 6.92 Å². The van der Waals surface area contributed by atoms with E-state index in [0.717, 1.165) is 5.56 Å². The fourth-order valence-corrected chi connectivity index (χ4v) is 3.25. The van der Waals surface area contributed by atoms with Crippen LogP contribution < -0.4 is 5.32 Å². The highest BCUT2D eigenvalue weighted by atomic mass is 32.2. The first-order valence-corrected chi connectivity index (χ1v) is 7.48. The second-order valence-electron chi connectivity index (χ2n) is 4.89. The van der Waals surface area contributed by atoms with Crippen LogP contribution >= 0.6 is 0 Å². The summed E-state index contributed by atoms with van der Waals surface area (Å²) in [4.78, 5) is 0. The quantitative estimate of drug-likeness (QED) is 0.867. The molecule has 112 valence electrons. The predicted octanol–water partition coefficient (Wildman–Crippen LogP) is 2.46. The minimum absolute atomic E-state index is 0.226. The van der Waals surface area contributed by atoms with E-state index >= 15 is 0 Å². The number of aryl methyl sites for hydroxylation is 1.